The maximum atomic E-state index is 13.3. The second kappa shape index (κ2) is 10.8. The zero-order chi connectivity index (χ0) is 23.9. The van der Waals surface area contributed by atoms with Crippen molar-refractivity contribution < 1.29 is 9.53 Å². The Hall–Kier alpha value is -3.97. The number of amides is 1. The zero-order valence-electron chi connectivity index (χ0n) is 19.7. The van der Waals surface area contributed by atoms with Gasteiger partial charge in [-0.15, -0.1) is 0 Å². The van der Waals surface area contributed by atoms with Gasteiger partial charge in [0.1, 0.15) is 11.4 Å². The van der Waals surface area contributed by atoms with Gasteiger partial charge >= 0.3 is 0 Å². The number of hydrogen-bond donors (Lipinski definition) is 1. The highest BCUT2D eigenvalue weighted by Crippen LogP contribution is 2.23. The first-order valence-electron chi connectivity index (χ1n) is 11.2. The summed E-state index contributed by atoms with van der Waals surface area (Å²) in [6, 6.07) is 21.7. The zero-order valence-corrected chi connectivity index (χ0v) is 19.7. The van der Waals surface area contributed by atoms with Crippen molar-refractivity contribution in [1.29, 1.82) is 0 Å². The van der Waals surface area contributed by atoms with Crippen LogP contribution < -0.4 is 10.1 Å². The van der Waals surface area contributed by atoms with E-state index in [2.05, 4.69) is 15.2 Å². The van der Waals surface area contributed by atoms with E-state index < -0.39 is 0 Å². The van der Waals surface area contributed by atoms with Crippen LogP contribution in [0.15, 0.2) is 85.3 Å². The van der Waals surface area contributed by atoms with Gasteiger partial charge in [-0.25, -0.2) is 0 Å². The fraction of sp³-hybridized carbons (Fsp3) is 0.222. The van der Waals surface area contributed by atoms with Gasteiger partial charge in [0.2, 0.25) is 0 Å². The van der Waals surface area contributed by atoms with Crippen molar-refractivity contribution in [2.24, 2.45) is 0 Å². The minimum absolute atomic E-state index is 0.0102. The van der Waals surface area contributed by atoms with Crippen LogP contribution in [0, 0.1) is 0 Å². The van der Waals surface area contributed by atoms with Crippen LogP contribution in [0.5, 0.6) is 5.75 Å². The number of nitrogens with zero attached hydrogens (tertiary/aromatic N) is 4. The maximum Gasteiger partial charge on any atom is 0.255 e. The highest BCUT2D eigenvalue weighted by atomic mass is 16.5. The minimum atomic E-state index is -0.168. The Balaban J connectivity index is 1.57. The molecule has 0 bridgehead atoms. The number of benzene rings is 2. The fourth-order valence-corrected chi connectivity index (χ4v) is 3.86. The van der Waals surface area contributed by atoms with Gasteiger partial charge in [0.15, 0.2) is 0 Å². The molecular formula is C27H29N5O2. The van der Waals surface area contributed by atoms with Gasteiger partial charge in [0.05, 0.1) is 25.3 Å². The molecule has 0 saturated carbocycles. The first-order valence-corrected chi connectivity index (χ1v) is 11.2. The second-order valence-corrected chi connectivity index (χ2v) is 8.28. The summed E-state index contributed by atoms with van der Waals surface area (Å²) < 4.78 is 7.07. The Bertz CT molecular complexity index is 1210. The summed E-state index contributed by atoms with van der Waals surface area (Å²) in [5.74, 6) is 0.635. The van der Waals surface area contributed by atoms with Crippen LogP contribution in [0.3, 0.4) is 0 Å². The van der Waals surface area contributed by atoms with Crippen molar-refractivity contribution in [2.45, 2.75) is 12.6 Å². The standard InChI is InChI=1S/C27H29N5O2/c1-31(2)25(21-11-13-23(34-3)14-12-21)17-29-27(33)24-19-32(18-20-8-5-4-6-9-20)30-26(24)22-10-7-15-28-16-22/h4-16,19,25H,17-18H2,1-3H3,(H,29,33)/t25-/m1/s1. The van der Waals surface area contributed by atoms with Gasteiger partial charge in [-0.3, -0.25) is 14.5 Å². The SMILES string of the molecule is COc1ccc([C@@H](CNC(=O)c2cn(Cc3ccccc3)nc2-c2cccnc2)N(C)C)cc1. The number of pyridine rings is 1. The van der Waals surface area contributed by atoms with E-state index in [0.29, 0.717) is 24.3 Å². The Kier molecular flexibility index (Phi) is 7.34. The maximum absolute atomic E-state index is 13.3. The van der Waals surface area contributed by atoms with Gasteiger partial charge in [0, 0.05) is 30.7 Å². The molecule has 7 heteroatoms. The lowest BCUT2D eigenvalue weighted by Gasteiger charge is -2.25. The molecule has 0 radical (unpaired) electrons. The number of nitrogens with one attached hydrogen (secondary N) is 1. The fourth-order valence-electron chi connectivity index (χ4n) is 3.86. The highest BCUT2D eigenvalue weighted by molar-refractivity contribution is 5.99. The third kappa shape index (κ3) is 5.50. The number of carbonyl (C=O) groups is 1. The third-order valence-corrected chi connectivity index (χ3v) is 5.71. The molecule has 4 aromatic rings. The van der Waals surface area contributed by atoms with Gasteiger partial charge in [-0.05, 0) is 49.5 Å². The summed E-state index contributed by atoms with van der Waals surface area (Å²) in [6.45, 7) is 1.03. The summed E-state index contributed by atoms with van der Waals surface area (Å²) in [5.41, 5.74) is 4.16. The quantitative estimate of drug-likeness (QED) is 0.413. The molecule has 4 rings (SSSR count). The van der Waals surface area contributed by atoms with E-state index in [1.165, 1.54) is 0 Å². The molecule has 174 valence electrons. The predicted octanol–water partition coefficient (Wildman–Crippen LogP) is 4.03. The van der Waals surface area contributed by atoms with Crippen LogP contribution in [0.25, 0.3) is 11.3 Å². The number of likely N-dealkylation sites (N-methyl/N-ethyl adjacent to an activating group) is 1. The van der Waals surface area contributed by atoms with Crippen molar-refractivity contribution in [1.82, 2.24) is 25.0 Å². The number of ether oxygens (including phenoxy) is 1. The number of hydrogen-bond acceptors (Lipinski definition) is 5. The van der Waals surface area contributed by atoms with Gasteiger partial charge in [0.25, 0.3) is 5.91 Å². The van der Waals surface area contributed by atoms with E-state index >= 15 is 0 Å². The molecule has 1 amide bonds. The topological polar surface area (TPSA) is 72.3 Å². The molecule has 1 atom stereocenters. The Morgan fingerprint density at radius 2 is 1.82 bits per heavy atom. The first-order chi connectivity index (χ1) is 16.5. The summed E-state index contributed by atoms with van der Waals surface area (Å²) in [4.78, 5) is 19.6. The van der Waals surface area contributed by atoms with Crippen LogP contribution >= 0.6 is 0 Å². The Morgan fingerprint density at radius 3 is 2.47 bits per heavy atom. The molecule has 7 nitrogen and oxygen atoms in total. The van der Waals surface area contributed by atoms with E-state index in [0.717, 1.165) is 22.4 Å². The molecule has 0 saturated heterocycles. The van der Waals surface area contributed by atoms with E-state index in [-0.39, 0.29) is 11.9 Å². The van der Waals surface area contributed by atoms with Gasteiger partial charge in [-0.1, -0.05) is 42.5 Å². The molecule has 2 heterocycles. The molecule has 0 fully saturated rings. The number of rotatable bonds is 9. The van der Waals surface area contributed by atoms with Crippen molar-refractivity contribution in [3.05, 3.63) is 102 Å². The summed E-state index contributed by atoms with van der Waals surface area (Å²) in [7, 11) is 5.65. The number of methoxy groups -OCH3 is 1. The third-order valence-electron chi connectivity index (χ3n) is 5.71. The van der Waals surface area contributed by atoms with Crippen LogP contribution in [-0.4, -0.2) is 53.3 Å². The predicted molar refractivity (Wildman–Crippen MR) is 133 cm³/mol. The average molecular weight is 456 g/mol. The lowest BCUT2D eigenvalue weighted by atomic mass is 10.1. The molecule has 0 spiro atoms. The lowest BCUT2D eigenvalue weighted by molar-refractivity contribution is 0.0942. The highest BCUT2D eigenvalue weighted by Gasteiger charge is 2.21. The molecule has 1 N–H and O–H groups in total. The number of aromatic nitrogens is 3. The largest absolute Gasteiger partial charge is 0.497 e. The van der Waals surface area contributed by atoms with Crippen LogP contribution in [0.2, 0.25) is 0 Å². The van der Waals surface area contributed by atoms with Crippen LogP contribution in [-0.2, 0) is 6.54 Å². The van der Waals surface area contributed by atoms with Crippen LogP contribution in [0.4, 0.5) is 0 Å². The van der Waals surface area contributed by atoms with Gasteiger partial charge in [-0.2, -0.15) is 5.10 Å². The van der Waals surface area contributed by atoms with Gasteiger partial charge < -0.3 is 15.0 Å². The van der Waals surface area contributed by atoms with E-state index in [4.69, 9.17) is 9.84 Å². The lowest BCUT2D eigenvalue weighted by Crippen LogP contribution is -2.34. The molecule has 2 aromatic carbocycles. The normalized spacial score (nSPS) is 11.9. The molecular weight excluding hydrogens is 426 g/mol. The van der Waals surface area contributed by atoms with Crippen molar-refractivity contribution in [2.75, 3.05) is 27.7 Å². The smallest absolute Gasteiger partial charge is 0.255 e. The summed E-state index contributed by atoms with van der Waals surface area (Å²) in [6.07, 6.45) is 5.25. The van der Waals surface area contributed by atoms with Crippen molar-refractivity contribution >= 4 is 5.91 Å². The monoisotopic (exact) mass is 455 g/mol. The first kappa shape index (κ1) is 23.2. The van der Waals surface area contributed by atoms with E-state index in [9.17, 15) is 4.79 Å². The number of carbonyl (C=O) groups excluding carboxylic acids is 1. The average Bonchev–Trinajstić information content (AvgIpc) is 3.29. The van der Waals surface area contributed by atoms with E-state index in [1.54, 1.807) is 24.2 Å². The van der Waals surface area contributed by atoms with Crippen LogP contribution in [0.1, 0.15) is 27.5 Å². The molecule has 0 unspecified atom stereocenters. The molecule has 0 aliphatic rings. The van der Waals surface area contributed by atoms with E-state index in [1.807, 2.05) is 87.0 Å². The summed E-state index contributed by atoms with van der Waals surface area (Å²) in [5, 5.41) is 7.84. The Labute approximate surface area is 200 Å². The van der Waals surface area contributed by atoms with Crippen molar-refractivity contribution in [3.63, 3.8) is 0 Å². The Morgan fingerprint density at radius 1 is 1.06 bits per heavy atom. The second-order valence-electron chi connectivity index (χ2n) is 8.28. The summed E-state index contributed by atoms with van der Waals surface area (Å²) >= 11 is 0. The molecule has 34 heavy (non-hydrogen) atoms. The minimum Gasteiger partial charge on any atom is -0.497 e. The van der Waals surface area contributed by atoms with Crippen molar-refractivity contribution in [3.8, 4) is 17.0 Å². The molecule has 0 aliphatic heterocycles. The molecule has 2 aromatic heterocycles. The molecule has 0 aliphatic carbocycles.